The predicted octanol–water partition coefficient (Wildman–Crippen LogP) is 4.21. The Morgan fingerprint density at radius 3 is 2.45 bits per heavy atom. The van der Waals surface area contributed by atoms with Crippen LogP contribution in [0.5, 0.6) is 0 Å². The maximum absolute atomic E-state index is 15.9. The Kier molecular flexibility index (Phi) is 10.0. The molecule has 2 atom stereocenters. The number of piperazine rings is 1. The van der Waals surface area contributed by atoms with Gasteiger partial charge in [-0.15, -0.1) is 0 Å². The lowest BCUT2D eigenvalue weighted by molar-refractivity contribution is -0.128. The van der Waals surface area contributed by atoms with E-state index >= 15 is 8.78 Å². The maximum atomic E-state index is 15.9. The van der Waals surface area contributed by atoms with Crippen LogP contribution in [0, 0.1) is 5.92 Å². The van der Waals surface area contributed by atoms with E-state index in [9.17, 15) is 9.90 Å². The first kappa shape index (κ1) is 33.5. The van der Waals surface area contributed by atoms with Gasteiger partial charge < -0.3 is 30.0 Å². The molecule has 0 spiro atoms. The number of piperidine rings is 1. The molecule has 1 aromatic heterocycles. The summed E-state index contributed by atoms with van der Waals surface area (Å²) in [7, 11) is 1.80. The van der Waals surface area contributed by atoms with Crippen LogP contribution in [0.4, 0.5) is 20.4 Å². The van der Waals surface area contributed by atoms with Gasteiger partial charge in [-0.2, -0.15) is 0 Å². The van der Waals surface area contributed by atoms with Crippen molar-refractivity contribution in [3.8, 4) is 0 Å². The van der Waals surface area contributed by atoms with Gasteiger partial charge in [0.1, 0.15) is 24.5 Å². The molecule has 2 fully saturated rings. The van der Waals surface area contributed by atoms with Crippen LogP contribution in [0.25, 0.3) is 6.08 Å². The number of fused-ring (bicyclic) bond motifs is 9. The Labute approximate surface area is 277 Å². The minimum atomic E-state index is -2.93. The molecule has 2 aromatic rings. The number of carbonyl (C=O) groups excluding carboxylic acids is 1. The van der Waals surface area contributed by atoms with Crippen molar-refractivity contribution in [1.29, 1.82) is 0 Å². The van der Waals surface area contributed by atoms with Gasteiger partial charge in [-0.1, -0.05) is 18.2 Å². The number of hydrogen-bond donors (Lipinski definition) is 2. The highest BCUT2D eigenvalue weighted by Crippen LogP contribution is 2.43. The molecule has 1 amide bonds. The molecule has 10 nitrogen and oxygen atoms in total. The van der Waals surface area contributed by atoms with E-state index in [1.54, 1.807) is 35.0 Å². The summed E-state index contributed by atoms with van der Waals surface area (Å²) in [5, 5.41) is 15.3. The van der Waals surface area contributed by atoms with Crippen molar-refractivity contribution in [2.75, 3.05) is 76.2 Å². The number of amides is 1. The zero-order valence-corrected chi connectivity index (χ0v) is 28.2. The van der Waals surface area contributed by atoms with Gasteiger partial charge in [0.05, 0.1) is 11.3 Å². The van der Waals surface area contributed by atoms with Crippen molar-refractivity contribution in [2.45, 2.75) is 70.7 Å². The summed E-state index contributed by atoms with van der Waals surface area (Å²) >= 11 is 0. The number of halogens is 2. The first-order chi connectivity index (χ1) is 22.5. The van der Waals surface area contributed by atoms with Crippen LogP contribution >= 0.6 is 0 Å². The Morgan fingerprint density at radius 1 is 1.00 bits per heavy atom. The number of benzene rings is 1. The molecule has 1 unspecified atom stereocenters. The Bertz CT molecular complexity index is 1440. The molecule has 1 aromatic carbocycles. The Hall–Kier alpha value is -3.35. The molecule has 2 saturated heterocycles. The molecule has 0 saturated carbocycles. The van der Waals surface area contributed by atoms with Gasteiger partial charge >= 0.3 is 0 Å². The van der Waals surface area contributed by atoms with Crippen molar-refractivity contribution >= 4 is 23.6 Å². The van der Waals surface area contributed by atoms with Crippen LogP contribution in [0.15, 0.2) is 36.3 Å². The molecule has 8 bridgehead atoms. The zero-order valence-electron chi connectivity index (χ0n) is 28.2. The average molecular weight is 653 g/mol. The number of rotatable bonds is 2. The number of nitrogens with zero attached hydrogens (tertiary/aromatic N) is 7. The highest BCUT2D eigenvalue weighted by Gasteiger charge is 2.43. The highest BCUT2D eigenvalue weighted by atomic mass is 19.3. The SMILES string of the molecule is CC(C)N1CCN(C2=Cc3c4ncnc3N(CC(=O)N(C)CCCCN3CCC(CC3)C(F)(F)c3cccc(c3)[C@@H](C)N4)C2O)CC1. The first-order valence-electron chi connectivity index (χ1n) is 17.2. The second kappa shape index (κ2) is 14.0. The standard InChI is InChI=1S/C35H50F2N8O2/c1-24(2)43-16-18-44(19-17-43)30-21-29-32-38-23-39-33(29)45(34(30)47)22-31(46)41(4)12-5-6-13-42-14-10-27(11-15-42)35(36,37)28-9-7-8-26(20-28)25(3)40-32/h7-9,20-21,23-25,27,34,47H,5-6,10-19,22H2,1-4H3,(H,38,39,40)/t25-,34?/m1/s1. The lowest BCUT2D eigenvalue weighted by Crippen LogP contribution is -2.54. The lowest BCUT2D eigenvalue weighted by atomic mass is 9.85. The summed E-state index contributed by atoms with van der Waals surface area (Å²) in [5.74, 6) is -2.75. The summed E-state index contributed by atoms with van der Waals surface area (Å²) in [6.07, 6.45) is 4.89. The van der Waals surface area contributed by atoms with E-state index in [1.807, 2.05) is 19.1 Å². The van der Waals surface area contributed by atoms with Crippen molar-refractivity contribution in [3.05, 3.63) is 53.0 Å². The van der Waals surface area contributed by atoms with Crippen molar-refractivity contribution in [2.24, 2.45) is 5.92 Å². The quantitative estimate of drug-likeness (QED) is 0.495. The summed E-state index contributed by atoms with van der Waals surface area (Å²) < 4.78 is 31.9. The third-order valence-corrected chi connectivity index (χ3v) is 10.6. The summed E-state index contributed by atoms with van der Waals surface area (Å²) in [6.45, 7) is 12.2. The molecule has 5 aliphatic heterocycles. The van der Waals surface area contributed by atoms with E-state index in [1.165, 1.54) is 6.33 Å². The van der Waals surface area contributed by atoms with Crippen LogP contribution in [0.3, 0.4) is 0 Å². The minimum absolute atomic E-state index is 0.0371. The number of likely N-dealkylation sites (N-methyl/N-ethyl adjacent to an activating group) is 1. The number of aromatic nitrogens is 2. The van der Waals surface area contributed by atoms with Gasteiger partial charge in [-0.3, -0.25) is 9.69 Å². The molecule has 7 rings (SSSR count). The van der Waals surface area contributed by atoms with Crippen molar-refractivity contribution in [3.63, 3.8) is 0 Å². The third-order valence-electron chi connectivity index (χ3n) is 10.6. The van der Waals surface area contributed by atoms with Crippen LogP contribution in [-0.2, 0) is 10.7 Å². The van der Waals surface area contributed by atoms with Crippen molar-refractivity contribution in [1.82, 2.24) is 29.6 Å². The summed E-state index contributed by atoms with van der Waals surface area (Å²) in [4.78, 5) is 33.0. The van der Waals surface area contributed by atoms with Crippen LogP contribution in [0.2, 0.25) is 0 Å². The first-order valence-corrected chi connectivity index (χ1v) is 17.2. The van der Waals surface area contributed by atoms with Gasteiger partial charge in [0, 0.05) is 63.3 Å². The molecule has 47 heavy (non-hydrogen) atoms. The Balaban J connectivity index is 1.36. The smallest absolute Gasteiger partial charge is 0.276 e. The number of aliphatic hydroxyl groups excluding tert-OH is 1. The second-order valence-electron chi connectivity index (χ2n) is 13.9. The normalized spacial score (nSPS) is 27.7. The molecular weight excluding hydrogens is 602 g/mol. The maximum Gasteiger partial charge on any atom is 0.276 e. The molecule has 0 radical (unpaired) electrons. The molecule has 2 N–H and O–H groups in total. The van der Waals surface area contributed by atoms with E-state index in [4.69, 9.17) is 0 Å². The molecule has 256 valence electrons. The van der Waals surface area contributed by atoms with Crippen molar-refractivity contribution < 1.29 is 18.7 Å². The summed E-state index contributed by atoms with van der Waals surface area (Å²) in [6, 6.07) is 6.84. The highest BCUT2D eigenvalue weighted by molar-refractivity contribution is 5.85. The van der Waals surface area contributed by atoms with Gasteiger partial charge in [-0.05, 0) is 83.8 Å². The fourth-order valence-electron chi connectivity index (χ4n) is 7.41. The van der Waals surface area contributed by atoms with Crippen LogP contribution in [0.1, 0.15) is 69.2 Å². The van der Waals surface area contributed by atoms with Gasteiger partial charge in [0.25, 0.3) is 5.92 Å². The number of anilines is 2. The lowest BCUT2D eigenvalue weighted by Gasteiger charge is -2.44. The van der Waals surface area contributed by atoms with E-state index in [2.05, 4.69) is 43.8 Å². The largest absolute Gasteiger partial charge is 0.369 e. The zero-order chi connectivity index (χ0) is 33.3. The predicted molar refractivity (Wildman–Crippen MR) is 180 cm³/mol. The molecule has 0 aliphatic carbocycles. The number of alkyl halides is 2. The summed E-state index contributed by atoms with van der Waals surface area (Å²) in [5.41, 5.74) is 2.15. The molecular formula is C35H50F2N8O2. The molecule has 5 aliphatic rings. The number of nitrogens with one attached hydrogen (secondary N) is 1. The van der Waals surface area contributed by atoms with Gasteiger partial charge in [0.2, 0.25) is 5.91 Å². The monoisotopic (exact) mass is 652 g/mol. The second-order valence-corrected chi connectivity index (χ2v) is 13.9. The fraction of sp³-hybridized carbons (Fsp3) is 0.629. The Morgan fingerprint density at radius 2 is 1.72 bits per heavy atom. The number of aliphatic hydroxyl groups is 1. The van der Waals surface area contributed by atoms with Gasteiger partial charge in [0.15, 0.2) is 6.23 Å². The number of hydrogen-bond acceptors (Lipinski definition) is 9. The molecule has 6 heterocycles. The van der Waals surface area contributed by atoms with E-state index in [-0.39, 0.29) is 24.1 Å². The minimum Gasteiger partial charge on any atom is -0.369 e. The van der Waals surface area contributed by atoms with Crippen LogP contribution < -0.4 is 10.2 Å². The van der Waals surface area contributed by atoms with Crippen LogP contribution in [-0.4, -0.2) is 119 Å². The average Bonchev–Trinajstić information content (AvgIpc) is 3.07. The van der Waals surface area contributed by atoms with Gasteiger partial charge in [-0.25, -0.2) is 18.7 Å². The van der Waals surface area contributed by atoms with E-state index < -0.39 is 18.1 Å². The van der Waals surface area contributed by atoms with E-state index in [0.717, 1.165) is 51.1 Å². The topological polar surface area (TPSA) is 91.3 Å². The molecule has 12 heteroatoms. The fourth-order valence-corrected chi connectivity index (χ4v) is 7.41. The number of carbonyl (C=O) groups is 1. The third kappa shape index (κ3) is 7.10. The van der Waals surface area contributed by atoms with E-state index in [0.29, 0.717) is 61.4 Å².